The van der Waals surface area contributed by atoms with Gasteiger partial charge in [0.15, 0.2) is 0 Å². The molecule has 0 aliphatic rings. The Balaban J connectivity index is 1.67. The first kappa shape index (κ1) is 15.2. The second kappa shape index (κ2) is 7.06. The number of hydrogen-bond acceptors (Lipinski definition) is 6. The first-order valence-corrected chi connectivity index (χ1v) is 7.91. The van der Waals surface area contributed by atoms with Crippen LogP contribution in [0.2, 0.25) is 0 Å². The monoisotopic (exact) mass is 326 g/mol. The van der Waals surface area contributed by atoms with Gasteiger partial charge in [0.2, 0.25) is 18.2 Å². The summed E-state index contributed by atoms with van der Waals surface area (Å²) >= 11 is 1.46. The number of thioether (sulfide) groups is 1. The van der Waals surface area contributed by atoms with Crippen LogP contribution >= 0.6 is 11.8 Å². The first-order valence-electron chi connectivity index (χ1n) is 6.92. The topological polar surface area (TPSA) is 80.9 Å². The average Bonchev–Trinajstić information content (AvgIpc) is 3.10. The lowest BCUT2D eigenvalue weighted by Gasteiger charge is -2.09. The molecule has 116 valence electrons. The maximum absolute atomic E-state index is 12.1. The summed E-state index contributed by atoms with van der Waals surface area (Å²) in [4.78, 5) is 17.1. The van der Waals surface area contributed by atoms with E-state index in [0.717, 1.165) is 21.7 Å². The number of aromatic nitrogens is 3. The molecule has 0 spiro atoms. The number of pyridine rings is 1. The molecule has 1 N–H and O–H groups in total. The highest BCUT2D eigenvalue weighted by Crippen LogP contribution is 2.24. The summed E-state index contributed by atoms with van der Waals surface area (Å²) in [6.07, 6.45) is 4.69. The van der Waals surface area contributed by atoms with Crippen LogP contribution in [0.25, 0.3) is 11.5 Å². The Bertz CT molecular complexity index is 791. The Labute approximate surface area is 137 Å². The molecular weight excluding hydrogens is 312 g/mol. The van der Waals surface area contributed by atoms with Gasteiger partial charge in [0.25, 0.3) is 0 Å². The summed E-state index contributed by atoms with van der Waals surface area (Å²) in [5.74, 6) is 0.679. The Morgan fingerprint density at radius 1 is 1.26 bits per heavy atom. The van der Waals surface area contributed by atoms with Crippen molar-refractivity contribution in [1.29, 1.82) is 0 Å². The number of anilines is 1. The van der Waals surface area contributed by atoms with Gasteiger partial charge in [0, 0.05) is 28.5 Å². The first-order chi connectivity index (χ1) is 11.2. The third-order valence-corrected chi connectivity index (χ3v) is 4.15. The minimum atomic E-state index is -0.0717. The third-order valence-electron chi connectivity index (χ3n) is 3.14. The molecule has 0 bridgehead atoms. The largest absolute Gasteiger partial charge is 0.423 e. The molecule has 2 aromatic heterocycles. The van der Waals surface area contributed by atoms with Gasteiger partial charge in [0.05, 0.1) is 5.75 Å². The summed E-state index contributed by atoms with van der Waals surface area (Å²) < 4.78 is 5.18. The number of carbonyl (C=O) groups excluding carboxylic acids is 1. The minimum Gasteiger partial charge on any atom is -0.423 e. The summed E-state index contributed by atoms with van der Waals surface area (Å²) in [7, 11) is 0. The molecule has 0 aliphatic heterocycles. The van der Waals surface area contributed by atoms with Crippen LogP contribution in [0, 0.1) is 6.92 Å². The highest BCUT2D eigenvalue weighted by Gasteiger charge is 2.09. The molecule has 0 saturated carbocycles. The number of hydrogen-bond donors (Lipinski definition) is 1. The van der Waals surface area contributed by atoms with E-state index >= 15 is 0 Å². The van der Waals surface area contributed by atoms with Gasteiger partial charge in [-0.25, -0.2) is 0 Å². The summed E-state index contributed by atoms with van der Waals surface area (Å²) in [5, 5.41) is 10.5. The zero-order valence-corrected chi connectivity index (χ0v) is 13.2. The van der Waals surface area contributed by atoms with E-state index in [-0.39, 0.29) is 5.91 Å². The van der Waals surface area contributed by atoms with E-state index in [1.54, 1.807) is 12.4 Å². The lowest BCUT2D eigenvalue weighted by molar-refractivity contribution is -0.113. The number of carbonyl (C=O) groups is 1. The van der Waals surface area contributed by atoms with Crippen LogP contribution in [0.1, 0.15) is 5.56 Å². The van der Waals surface area contributed by atoms with E-state index in [1.807, 2.05) is 37.3 Å². The molecule has 0 radical (unpaired) electrons. The van der Waals surface area contributed by atoms with Crippen LogP contribution in [-0.2, 0) is 4.79 Å². The van der Waals surface area contributed by atoms with E-state index in [0.29, 0.717) is 11.6 Å². The van der Waals surface area contributed by atoms with Gasteiger partial charge in [-0.15, -0.1) is 22.0 Å². The van der Waals surface area contributed by atoms with Crippen LogP contribution in [0.3, 0.4) is 0 Å². The van der Waals surface area contributed by atoms with Gasteiger partial charge in [-0.2, -0.15) is 0 Å². The second-order valence-corrected chi connectivity index (χ2v) is 5.84. The van der Waals surface area contributed by atoms with Crippen LogP contribution in [0.15, 0.2) is 58.4 Å². The lowest BCUT2D eigenvalue weighted by atomic mass is 10.1. The van der Waals surface area contributed by atoms with Crippen LogP contribution in [0.4, 0.5) is 5.69 Å². The molecule has 0 unspecified atom stereocenters. The van der Waals surface area contributed by atoms with Crippen molar-refractivity contribution in [3.8, 4) is 11.5 Å². The number of benzene rings is 1. The van der Waals surface area contributed by atoms with Gasteiger partial charge < -0.3 is 9.73 Å². The number of nitrogens with one attached hydrogen (secondary N) is 1. The van der Waals surface area contributed by atoms with Crippen molar-refractivity contribution >= 4 is 23.4 Å². The van der Waals surface area contributed by atoms with E-state index in [9.17, 15) is 4.79 Å². The van der Waals surface area contributed by atoms with Crippen molar-refractivity contribution in [1.82, 2.24) is 15.2 Å². The van der Waals surface area contributed by atoms with E-state index < -0.39 is 0 Å². The Morgan fingerprint density at radius 3 is 2.83 bits per heavy atom. The van der Waals surface area contributed by atoms with Gasteiger partial charge in [0.1, 0.15) is 0 Å². The van der Waals surface area contributed by atoms with E-state index in [4.69, 9.17) is 4.42 Å². The number of rotatable bonds is 5. The Morgan fingerprint density at radius 2 is 2.09 bits per heavy atom. The van der Waals surface area contributed by atoms with E-state index in [1.165, 1.54) is 18.2 Å². The van der Waals surface area contributed by atoms with Gasteiger partial charge in [-0.05, 0) is 36.8 Å². The normalized spacial score (nSPS) is 10.5. The number of aryl methyl sites for hydroxylation is 1. The number of nitrogens with zero attached hydrogens (tertiary/aromatic N) is 3. The molecule has 2 heterocycles. The standard InChI is InChI=1S/C16H14N4O2S/c1-11-2-3-12(16-20-18-10-22-16)8-14(11)19-15(21)9-23-13-4-6-17-7-5-13/h2-8,10H,9H2,1H3,(H,19,21). The molecule has 3 rings (SSSR count). The van der Waals surface area contributed by atoms with Gasteiger partial charge in [-0.3, -0.25) is 9.78 Å². The quantitative estimate of drug-likeness (QED) is 0.725. The van der Waals surface area contributed by atoms with Crippen LogP contribution in [0.5, 0.6) is 0 Å². The summed E-state index contributed by atoms with van der Waals surface area (Å²) in [6.45, 7) is 1.93. The Kier molecular flexibility index (Phi) is 4.68. The highest BCUT2D eigenvalue weighted by molar-refractivity contribution is 8.00. The summed E-state index contributed by atoms with van der Waals surface area (Å²) in [6, 6.07) is 9.37. The van der Waals surface area contributed by atoms with Crippen LogP contribution < -0.4 is 5.32 Å². The zero-order valence-electron chi connectivity index (χ0n) is 12.4. The third kappa shape index (κ3) is 3.95. The molecule has 23 heavy (non-hydrogen) atoms. The predicted molar refractivity (Wildman–Crippen MR) is 88.1 cm³/mol. The molecule has 0 fully saturated rings. The Hall–Kier alpha value is -2.67. The molecule has 0 atom stereocenters. The number of amides is 1. The second-order valence-electron chi connectivity index (χ2n) is 4.79. The highest BCUT2D eigenvalue weighted by atomic mass is 32.2. The zero-order chi connectivity index (χ0) is 16.1. The van der Waals surface area contributed by atoms with Crippen molar-refractivity contribution in [3.63, 3.8) is 0 Å². The maximum atomic E-state index is 12.1. The minimum absolute atomic E-state index is 0.0717. The van der Waals surface area contributed by atoms with Gasteiger partial charge >= 0.3 is 0 Å². The fourth-order valence-corrected chi connectivity index (χ4v) is 2.64. The molecule has 3 aromatic rings. The fourth-order valence-electron chi connectivity index (χ4n) is 1.96. The van der Waals surface area contributed by atoms with Crippen molar-refractivity contribution < 1.29 is 9.21 Å². The van der Waals surface area contributed by atoms with Crippen LogP contribution in [-0.4, -0.2) is 26.8 Å². The van der Waals surface area contributed by atoms with Crippen molar-refractivity contribution in [2.45, 2.75) is 11.8 Å². The molecule has 1 aromatic carbocycles. The maximum Gasteiger partial charge on any atom is 0.247 e. The molecule has 1 amide bonds. The van der Waals surface area contributed by atoms with Crippen molar-refractivity contribution in [2.75, 3.05) is 11.1 Å². The van der Waals surface area contributed by atoms with Crippen molar-refractivity contribution in [3.05, 3.63) is 54.7 Å². The molecule has 6 nitrogen and oxygen atoms in total. The molecule has 0 aliphatic carbocycles. The fraction of sp³-hybridized carbons (Fsp3) is 0.125. The average molecular weight is 326 g/mol. The lowest BCUT2D eigenvalue weighted by Crippen LogP contribution is -2.14. The smallest absolute Gasteiger partial charge is 0.247 e. The predicted octanol–water partition coefficient (Wildman–Crippen LogP) is 3.17. The summed E-state index contributed by atoms with van der Waals surface area (Å²) in [5.41, 5.74) is 2.47. The molecular formula is C16H14N4O2S. The van der Waals surface area contributed by atoms with Gasteiger partial charge in [-0.1, -0.05) is 6.07 Å². The van der Waals surface area contributed by atoms with Crippen molar-refractivity contribution in [2.24, 2.45) is 0 Å². The SMILES string of the molecule is Cc1ccc(-c2nnco2)cc1NC(=O)CSc1ccncc1. The molecule has 7 heteroatoms. The molecule has 0 saturated heterocycles. The van der Waals surface area contributed by atoms with E-state index in [2.05, 4.69) is 20.5 Å².